The highest BCUT2D eigenvalue weighted by Crippen LogP contribution is 2.37. The van der Waals surface area contributed by atoms with Crippen molar-refractivity contribution in [2.24, 2.45) is 5.41 Å². The fourth-order valence-corrected chi connectivity index (χ4v) is 2.13. The molecule has 1 N–H and O–H groups in total. The molecule has 0 saturated heterocycles. The van der Waals surface area contributed by atoms with Crippen molar-refractivity contribution in [3.8, 4) is 0 Å². The standard InChI is InChI=1S/C11H16O2S/c1-7(11(2,3)4)8-5-6-14-9(8)10(12)13/h5-7H,1-4H3,(H,12,13). The number of carbonyl (C=O) groups is 1. The Morgan fingerprint density at radius 1 is 1.50 bits per heavy atom. The molecule has 0 spiro atoms. The van der Waals surface area contributed by atoms with Crippen molar-refractivity contribution in [3.05, 3.63) is 21.9 Å². The second-order valence-corrected chi connectivity index (χ2v) is 5.51. The predicted octanol–water partition coefficient (Wildman–Crippen LogP) is 3.60. The SMILES string of the molecule is CC(c1ccsc1C(=O)O)C(C)(C)C. The maximum Gasteiger partial charge on any atom is 0.346 e. The monoisotopic (exact) mass is 212 g/mol. The number of rotatable bonds is 2. The van der Waals surface area contributed by atoms with Crippen LogP contribution in [0.1, 0.15) is 48.8 Å². The van der Waals surface area contributed by atoms with Crippen LogP contribution in [0.4, 0.5) is 0 Å². The quantitative estimate of drug-likeness (QED) is 0.813. The van der Waals surface area contributed by atoms with Gasteiger partial charge in [-0.15, -0.1) is 11.3 Å². The molecule has 1 rings (SSSR count). The van der Waals surface area contributed by atoms with Crippen molar-refractivity contribution in [1.82, 2.24) is 0 Å². The Kier molecular flexibility index (Phi) is 3.00. The first-order valence-electron chi connectivity index (χ1n) is 4.64. The summed E-state index contributed by atoms with van der Waals surface area (Å²) in [4.78, 5) is 11.4. The van der Waals surface area contributed by atoms with Crippen molar-refractivity contribution >= 4 is 17.3 Å². The van der Waals surface area contributed by atoms with E-state index in [9.17, 15) is 4.79 Å². The summed E-state index contributed by atoms with van der Waals surface area (Å²) in [5.74, 6) is -0.550. The maximum atomic E-state index is 10.9. The van der Waals surface area contributed by atoms with E-state index in [2.05, 4.69) is 27.7 Å². The Labute approximate surface area is 88.6 Å². The minimum Gasteiger partial charge on any atom is -0.477 e. The van der Waals surface area contributed by atoms with E-state index in [1.165, 1.54) is 11.3 Å². The molecule has 1 unspecified atom stereocenters. The summed E-state index contributed by atoms with van der Waals surface area (Å²) in [6.07, 6.45) is 0. The summed E-state index contributed by atoms with van der Waals surface area (Å²) in [5.41, 5.74) is 1.06. The third kappa shape index (κ3) is 2.15. The summed E-state index contributed by atoms with van der Waals surface area (Å²) < 4.78 is 0. The van der Waals surface area contributed by atoms with Gasteiger partial charge in [-0.1, -0.05) is 27.7 Å². The molecule has 0 saturated carbocycles. The van der Waals surface area contributed by atoms with Crippen LogP contribution in [-0.4, -0.2) is 11.1 Å². The Morgan fingerprint density at radius 3 is 2.50 bits per heavy atom. The van der Waals surface area contributed by atoms with Crippen LogP contribution >= 0.6 is 11.3 Å². The first-order valence-corrected chi connectivity index (χ1v) is 5.52. The Bertz CT molecular complexity index is 333. The first-order chi connectivity index (χ1) is 6.34. The van der Waals surface area contributed by atoms with Crippen molar-refractivity contribution < 1.29 is 9.90 Å². The molecule has 0 aliphatic carbocycles. The van der Waals surface area contributed by atoms with Gasteiger partial charge < -0.3 is 5.11 Å². The van der Waals surface area contributed by atoms with E-state index in [4.69, 9.17) is 5.11 Å². The molecular weight excluding hydrogens is 196 g/mol. The topological polar surface area (TPSA) is 37.3 Å². The van der Waals surface area contributed by atoms with Gasteiger partial charge in [0, 0.05) is 0 Å². The Morgan fingerprint density at radius 2 is 2.07 bits per heavy atom. The van der Waals surface area contributed by atoms with Crippen LogP contribution in [0.3, 0.4) is 0 Å². The van der Waals surface area contributed by atoms with Crippen LogP contribution in [0.25, 0.3) is 0 Å². The minimum absolute atomic E-state index is 0.102. The largest absolute Gasteiger partial charge is 0.477 e. The molecule has 1 heterocycles. The number of carboxylic acid groups (broad SMARTS) is 1. The third-order valence-electron chi connectivity index (χ3n) is 2.66. The van der Waals surface area contributed by atoms with Gasteiger partial charge in [-0.2, -0.15) is 0 Å². The van der Waals surface area contributed by atoms with E-state index in [1.54, 1.807) is 0 Å². The van der Waals surface area contributed by atoms with E-state index in [0.29, 0.717) is 4.88 Å². The molecule has 1 aromatic heterocycles. The molecule has 1 aromatic rings. The van der Waals surface area contributed by atoms with Gasteiger partial charge in [-0.25, -0.2) is 4.79 Å². The molecule has 0 bridgehead atoms. The number of hydrogen-bond donors (Lipinski definition) is 1. The fourth-order valence-electron chi connectivity index (χ4n) is 1.30. The van der Waals surface area contributed by atoms with Gasteiger partial charge in [0.1, 0.15) is 4.88 Å². The van der Waals surface area contributed by atoms with Gasteiger partial charge in [0.25, 0.3) is 0 Å². The molecule has 0 aromatic carbocycles. The molecular formula is C11H16O2S. The van der Waals surface area contributed by atoms with Crippen LogP contribution in [0.5, 0.6) is 0 Å². The lowest BCUT2D eigenvalue weighted by Gasteiger charge is -2.27. The average molecular weight is 212 g/mol. The van der Waals surface area contributed by atoms with Gasteiger partial charge in [-0.05, 0) is 28.3 Å². The van der Waals surface area contributed by atoms with Gasteiger partial charge in [0.2, 0.25) is 0 Å². The van der Waals surface area contributed by atoms with Crippen molar-refractivity contribution in [2.45, 2.75) is 33.6 Å². The zero-order valence-corrected chi connectivity index (χ0v) is 9.81. The molecule has 0 fully saturated rings. The third-order valence-corrected chi connectivity index (χ3v) is 3.57. The van der Waals surface area contributed by atoms with E-state index >= 15 is 0 Å². The summed E-state index contributed by atoms with van der Waals surface area (Å²) in [6.45, 7) is 8.46. The zero-order chi connectivity index (χ0) is 10.9. The summed E-state index contributed by atoms with van der Waals surface area (Å²) in [5, 5.41) is 10.8. The van der Waals surface area contributed by atoms with Crippen LogP contribution in [0.2, 0.25) is 0 Å². The molecule has 0 radical (unpaired) electrons. The molecule has 3 heteroatoms. The average Bonchev–Trinajstić information content (AvgIpc) is 2.48. The van der Waals surface area contributed by atoms with E-state index in [1.807, 2.05) is 11.4 Å². The van der Waals surface area contributed by atoms with Crippen molar-refractivity contribution in [2.75, 3.05) is 0 Å². The van der Waals surface area contributed by atoms with Crippen LogP contribution in [0, 0.1) is 5.41 Å². The molecule has 0 aliphatic heterocycles. The van der Waals surface area contributed by atoms with Gasteiger partial charge in [0.05, 0.1) is 0 Å². The highest BCUT2D eigenvalue weighted by Gasteiger charge is 2.26. The highest BCUT2D eigenvalue weighted by molar-refractivity contribution is 7.12. The summed E-state index contributed by atoms with van der Waals surface area (Å²) >= 11 is 1.30. The lowest BCUT2D eigenvalue weighted by atomic mass is 9.78. The fraction of sp³-hybridized carbons (Fsp3) is 0.545. The molecule has 78 valence electrons. The van der Waals surface area contributed by atoms with Crippen molar-refractivity contribution in [1.29, 1.82) is 0 Å². The number of thiophene rings is 1. The van der Waals surface area contributed by atoms with E-state index in [0.717, 1.165) is 5.56 Å². The van der Waals surface area contributed by atoms with Gasteiger partial charge in [-0.3, -0.25) is 0 Å². The number of aromatic carboxylic acids is 1. The molecule has 14 heavy (non-hydrogen) atoms. The Hall–Kier alpha value is -0.830. The molecule has 0 amide bonds. The normalized spacial score (nSPS) is 14.0. The molecule has 2 nitrogen and oxygen atoms in total. The van der Waals surface area contributed by atoms with Crippen LogP contribution < -0.4 is 0 Å². The van der Waals surface area contributed by atoms with Crippen LogP contribution in [-0.2, 0) is 0 Å². The summed E-state index contributed by atoms with van der Waals surface area (Å²) in [6, 6.07) is 1.92. The first kappa shape index (κ1) is 11.2. The van der Waals surface area contributed by atoms with Gasteiger partial charge in [0.15, 0.2) is 0 Å². The van der Waals surface area contributed by atoms with E-state index < -0.39 is 5.97 Å². The minimum atomic E-state index is -0.814. The smallest absolute Gasteiger partial charge is 0.346 e. The number of hydrogen-bond acceptors (Lipinski definition) is 2. The van der Waals surface area contributed by atoms with Crippen LogP contribution in [0.15, 0.2) is 11.4 Å². The van der Waals surface area contributed by atoms with Gasteiger partial charge >= 0.3 is 5.97 Å². The second-order valence-electron chi connectivity index (χ2n) is 4.60. The second kappa shape index (κ2) is 3.73. The zero-order valence-electron chi connectivity index (χ0n) is 9.00. The molecule has 0 aliphatic rings. The molecule has 1 atom stereocenters. The highest BCUT2D eigenvalue weighted by atomic mass is 32.1. The van der Waals surface area contributed by atoms with E-state index in [-0.39, 0.29) is 11.3 Å². The Balaban J connectivity index is 3.07. The summed E-state index contributed by atoms with van der Waals surface area (Å²) in [7, 11) is 0. The lowest BCUT2D eigenvalue weighted by Crippen LogP contribution is -2.16. The van der Waals surface area contributed by atoms with Crippen molar-refractivity contribution in [3.63, 3.8) is 0 Å². The lowest BCUT2D eigenvalue weighted by molar-refractivity contribution is 0.0700. The predicted molar refractivity (Wildman–Crippen MR) is 59.1 cm³/mol. The number of carboxylic acids is 1. The maximum absolute atomic E-state index is 10.9.